The minimum Gasteiger partial charge on any atom is -0.497 e. The lowest BCUT2D eigenvalue weighted by Gasteiger charge is -2.38. The third kappa shape index (κ3) is 2.00. The molecule has 21 heavy (non-hydrogen) atoms. The lowest BCUT2D eigenvalue weighted by atomic mass is 9.83. The van der Waals surface area contributed by atoms with E-state index < -0.39 is 17.4 Å². The summed E-state index contributed by atoms with van der Waals surface area (Å²) < 4.78 is 24.9. The van der Waals surface area contributed by atoms with Gasteiger partial charge in [0, 0.05) is 37.6 Å². The third-order valence-corrected chi connectivity index (χ3v) is 4.17. The van der Waals surface area contributed by atoms with Crippen molar-refractivity contribution in [2.45, 2.75) is 18.4 Å². The Labute approximate surface area is 121 Å². The number of carbonyl (C=O) groups is 1. The van der Waals surface area contributed by atoms with Crippen LogP contribution in [0.15, 0.2) is 12.1 Å². The van der Waals surface area contributed by atoms with Gasteiger partial charge in [-0.3, -0.25) is 5.41 Å². The second-order valence-electron chi connectivity index (χ2n) is 5.29. The zero-order valence-corrected chi connectivity index (χ0v) is 11.6. The van der Waals surface area contributed by atoms with E-state index in [2.05, 4.69) is 0 Å². The quantitative estimate of drug-likeness (QED) is 0.461. The van der Waals surface area contributed by atoms with Crippen molar-refractivity contribution in [3.63, 3.8) is 0 Å². The van der Waals surface area contributed by atoms with Crippen LogP contribution in [0.3, 0.4) is 0 Å². The first kappa shape index (κ1) is 13.7. The molecular formula is C14H16FN3O3. The average Bonchev–Trinajstić information content (AvgIpc) is 2.72. The molecular weight excluding hydrogens is 277 g/mol. The Kier molecular flexibility index (Phi) is 3.00. The summed E-state index contributed by atoms with van der Waals surface area (Å²) in [6.45, 7) is 0.904. The number of guanidine groups is 1. The number of benzene rings is 1. The number of likely N-dealkylation sites (tertiary alicyclic amines) is 1. The van der Waals surface area contributed by atoms with Gasteiger partial charge in [0.2, 0.25) is 0 Å². The number of halogens is 1. The fourth-order valence-electron chi connectivity index (χ4n) is 3.07. The van der Waals surface area contributed by atoms with Crippen LogP contribution in [0.2, 0.25) is 0 Å². The number of piperidine rings is 1. The molecule has 0 aromatic heterocycles. The van der Waals surface area contributed by atoms with Crippen molar-refractivity contribution in [3.05, 3.63) is 29.1 Å². The number of hydrogen-bond donors (Lipinski definition) is 2. The molecule has 1 fully saturated rings. The van der Waals surface area contributed by atoms with Gasteiger partial charge < -0.3 is 20.1 Å². The monoisotopic (exact) mass is 293 g/mol. The molecule has 2 heterocycles. The van der Waals surface area contributed by atoms with Crippen LogP contribution < -0.4 is 10.5 Å². The summed E-state index contributed by atoms with van der Waals surface area (Å²) in [6.07, 6.45) is 0.823. The molecule has 2 aliphatic heterocycles. The maximum atomic E-state index is 14.4. The maximum absolute atomic E-state index is 14.4. The molecule has 0 saturated carbocycles. The molecule has 3 N–H and O–H groups in total. The highest BCUT2D eigenvalue weighted by molar-refractivity contribution is 5.95. The number of rotatable bonds is 1. The number of nitrogens with one attached hydrogen (secondary N) is 1. The number of ether oxygens (including phenoxy) is 2. The molecule has 0 atom stereocenters. The summed E-state index contributed by atoms with van der Waals surface area (Å²) >= 11 is 0. The highest BCUT2D eigenvalue weighted by atomic mass is 19.1. The predicted molar refractivity (Wildman–Crippen MR) is 72.8 cm³/mol. The number of hydrogen-bond acceptors (Lipinski definition) is 4. The van der Waals surface area contributed by atoms with Crippen molar-refractivity contribution < 1.29 is 18.7 Å². The molecule has 0 bridgehead atoms. The summed E-state index contributed by atoms with van der Waals surface area (Å²) in [5, 5.41) is 7.43. The van der Waals surface area contributed by atoms with E-state index in [1.807, 2.05) is 0 Å². The Morgan fingerprint density at radius 1 is 1.48 bits per heavy atom. The van der Waals surface area contributed by atoms with Crippen LogP contribution in [0.4, 0.5) is 4.39 Å². The smallest absolute Gasteiger partial charge is 0.339 e. The molecule has 1 spiro atoms. The van der Waals surface area contributed by atoms with E-state index in [0.717, 1.165) is 0 Å². The van der Waals surface area contributed by atoms with Crippen molar-refractivity contribution in [1.29, 1.82) is 5.41 Å². The predicted octanol–water partition coefficient (Wildman–Crippen LogP) is 1.19. The normalized spacial score (nSPS) is 19.3. The molecule has 112 valence electrons. The summed E-state index contributed by atoms with van der Waals surface area (Å²) in [7, 11) is 1.42. The number of carbonyl (C=O) groups excluding carboxylic acids is 1. The van der Waals surface area contributed by atoms with Gasteiger partial charge >= 0.3 is 5.97 Å². The maximum Gasteiger partial charge on any atom is 0.339 e. The summed E-state index contributed by atoms with van der Waals surface area (Å²) in [4.78, 5) is 13.7. The van der Waals surface area contributed by atoms with Crippen LogP contribution in [0.25, 0.3) is 0 Å². The Morgan fingerprint density at radius 3 is 2.71 bits per heavy atom. The fraction of sp³-hybridized carbons (Fsp3) is 0.429. The van der Waals surface area contributed by atoms with Crippen LogP contribution >= 0.6 is 0 Å². The molecule has 0 radical (unpaired) electrons. The highest BCUT2D eigenvalue weighted by Gasteiger charge is 2.49. The van der Waals surface area contributed by atoms with Gasteiger partial charge in [0.1, 0.15) is 17.2 Å². The van der Waals surface area contributed by atoms with E-state index in [0.29, 0.717) is 37.2 Å². The molecule has 1 aromatic rings. The van der Waals surface area contributed by atoms with Crippen LogP contribution in [-0.4, -0.2) is 37.0 Å². The zero-order valence-electron chi connectivity index (χ0n) is 11.6. The molecule has 0 aliphatic carbocycles. The Morgan fingerprint density at radius 2 is 2.14 bits per heavy atom. The first-order valence-electron chi connectivity index (χ1n) is 6.67. The lowest BCUT2D eigenvalue weighted by Crippen LogP contribution is -2.47. The van der Waals surface area contributed by atoms with Gasteiger partial charge in [-0.15, -0.1) is 0 Å². The second kappa shape index (κ2) is 4.61. The molecule has 0 unspecified atom stereocenters. The first-order valence-corrected chi connectivity index (χ1v) is 6.67. The van der Waals surface area contributed by atoms with Crippen molar-refractivity contribution in [2.75, 3.05) is 20.2 Å². The molecule has 0 amide bonds. The Balaban J connectivity index is 1.99. The van der Waals surface area contributed by atoms with E-state index in [9.17, 15) is 9.18 Å². The van der Waals surface area contributed by atoms with E-state index >= 15 is 0 Å². The standard InChI is InChI=1S/C14H16FN3O3/c1-20-8-6-9-11(10(15)7-8)14(21-12(9)19)2-4-18(5-3-14)13(16)17/h6-7H,2-5H2,1H3,(H3,16,17). The average molecular weight is 293 g/mol. The van der Waals surface area contributed by atoms with E-state index in [-0.39, 0.29) is 11.5 Å². The minimum atomic E-state index is -0.950. The number of esters is 1. The van der Waals surface area contributed by atoms with Gasteiger partial charge in [-0.25, -0.2) is 9.18 Å². The molecule has 1 aromatic carbocycles. The van der Waals surface area contributed by atoms with Crippen LogP contribution in [-0.2, 0) is 10.3 Å². The molecule has 1 saturated heterocycles. The lowest BCUT2D eigenvalue weighted by molar-refractivity contribution is -0.0360. The minimum absolute atomic E-state index is 0.0235. The summed E-state index contributed by atoms with van der Waals surface area (Å²) in [5.74, 6) is -0.753. The van der Waals surface area contributed by atoms with Crippen LogP contribution in [0.5, 0.6) is 5.75 Å². The highest BCUT2D eigenvalue weighted by Crippen LogP contribution is 2.46. The van der Waals surface area contributed by atoms with Crippen molar-refractivity contribution in [1.82, 2.24) is 4.90 Å². The number of methoxy groups -OCH3 is 1. The molecule has 7 heteroatoms. The van der Waals surface area contributed by atoms with E-state index in [1.54, 1.807) is 4.90 Å². The molecule has 6 nitrogen and oxygen atoms in total. The Hall–Kier alpha value is -2.31. The van der Waals surface area contributed by atoms with Crippen LogP contribution in [0.1, 0.15) is 28.8 Å². The van der Waals surface area contributed by atoms with E-state index in [1.165, 1.54) is 19.2 Å². The number of nitrogens with zero attached hydrogens (tertiary/aromatic N) is 1. The molecule has 3 rings (SSSR count). The van der Waals surface area contributed by atoms with Gasteiger partial charge in [0.15, 0.2) is 5.96 Å². The molecule has 2 aliphatic rings. The van der Waals surface area contributed by atoms with Gasteiger partial charge in [0.05, 0.1) is 12.7 Å². The SMILES string of the molecule is COc1cc(F)c2c(c1)C(=O)OC21CCN(C(=N)N)CC1. The van der Waals surface area contributed by atoms with Gasteiger partial charge in [0.25, 0.3) is 0 Å². The van der Waals surface area contributed by atoms with Gasteiger partial charge in [-0.1, -0.05) is 0 Å². The zero-order chi connectivity index (χ0) is 15.2. The second-order valence-corrected chi connectivity index (χ2v) is 5.29. The van der Waals surface area contributed by atoms with Crippen LogP contribution in [0, 0.1) is 11.2 Å². The largest absolute Gasteiger partial charge is 0.497 e. The van der Waals surface area contributed by atoms with Crippen molar-refractivity contribution in [3.8, 4) is 5.75 Å². The summed E-state index contributed by atoms with van der Waals surface area (Å²) in [6, 6.07) is 2.77. The van der Waals surface area contributed by atoms with E-state index in [4.69, 9.17) is 20.6 Å². The fourth-order valence-corrected chi connectivity index (χ4v) is 3.07. The Bertz CT molecular complexity index is 624. The van der Waals surface area contributed by atoms with Gasteiger partial charge in [-0.05, 0) is 6.07 Å². The van der Waals surface area contributed by atoms with Gasteiger partial charge in [-0.2, -0.15) is 0 Å². The topological polar surface area (TPSA) is 88.6 Å². The number of nitrogens with two attached hydrogens (primary N) is 1. The number of fused-ring (bicyclic) bond motifs is 2. The van der Waals surface area contributed by atoms with Crippen molar-refractivity contribution >= 4 is 11.9 Å². The summed E-state index contributed by atoms with van der Waals surface area (Å²) in [5.41, 5.74) is 5.03. The van der Waals surface area contributed by atoms with Crippen molar-refractivity contribution in [2.24, 2.45) is 5.73 Å². The first-order chi connectivity index (χ1) is 9.97. The third-order valence-electron chi connectivity index (χ3n) is 4.17.